The minimum atomic E-state index is -1.09. The number of amides is 3. The lowest BCUT2D eigenvalue weighted by atomic mass is 9.85. The molecule has 0 spiro atoms. The van der Waals surface area contributed by atoms with Gasteiger partial charge in [-0.1, -0.05) is 0 Å². The summed E-state index contributed by atoms with van der Waals surface area (Å²) in [5.41, 5.74) is 0. The Kier molecular flexibility index (Phi) is 9.55. The summed E-state index contributed by atoms with van der Waals surface area (Å²) in [6.07, 6.45) is 6.82. The highest BCUT2D eigenvalue weighted by Crippen LogP contribution is 2.30. The van der Waals surface area contributed by atoms with Crippen LogP contribution in [-0.4, -0.2) is 88.9 Å². The number of carbonyl (C=O) groups excluding carboxylic acids is 3. The summed E-state index contributed by atoms with van der Waals surface area (Å²) in [6, 6.07) is 0.212. The van der Waals surface area contributed by atoms with E-state index in [4.69, 9.17) is 27.9 Å². The fourth-order valence-corrected chi connectivity index (χ4v) is 6.64. The molecular formula is C25H38Cl2FN3O4. The van der Waals surface area contributed by atoms with Gasteiger partial charge >= 0.3 is 0 Å². The number of nitrogens with zero attached hydrogens (tertiary/aromatic N) is 2. The molecule has 1 aliphatic heterocycles. The first-order valence-electron chi connectivity index (χ1n) is 13.2. The highest BCUT2D eigenvalue weighted by Gasteiger charge is 2.37. The van der Waals surface area contributed by atoms with Gasteiger partial charge in [-0.05, 0) is 64.2 Å². The molecule has 0 radical (unpaired) electrons. The number of piperazine rings is 1. The summed E-state index contributed by atoms with van der Waals surface area (Å²) in [6.45, 7) is 1.23. The fourth-order valence-electron chi connectivity index (χ4n) is 6.05. The van der Waals surface area contributed by atoms with Crippen LogP contribution < -0.4 is 5.32 Å². The van der Waals surface area contributed by atoms with Crippen LogP contribution in [0.25, 0.3) is 0 Å². The lowest BCUT2D eigenvalue weighted by Crippen LogP contribution is -2.57. The Hall–Kier alpha value is -1.12. The molecule has 4 aliphatic rings. The molecule has 10 heteroatoms. The van der Waals surface area contributed by atoms with E-state index < -0.39 is 11.5 Å². The van der Waals surface area contributed by atoms with Gasteiger partial charge in [-0.2, -0.15) is 0 Å². The van der Waals surface area contributed by atoms with Crippen molar-refractivity contribution in [2.75, 3.05) is 26.2 Å². The van der Waals surface area contributed by atoms with Crippen molar-refractivity contribution in [2.45, 2.75) is 106 Å². The summed E-state index contributed by atoms with van der Waals surface area (Å²) in [4.78, 5) is 41.8. The number of hydrogen-bond donors (Lipinski definition) is 1. The Bertz CT molecular complexity index is 767. The van der Waals surface area contributed by atoms with Crippen molar-refractivity contribution in [2.24, 2.45) is 5.92 Å². The molecule has 3 amide bonds. The Morgan fingerprint density at radius 1 is 1.00 bits per heavy atom. The molecule has 7 nitrogen and oxygen atoms in total. The van der Waals surface area contributed by atoms with E-state index in [2.05, 4.69) is 5.32 Å². The molecule has 0 aromatic rings. The van der Waals surface area contributed by atoms with Crippen molar-refractivity contribution in [3.63, 3.8) is 0 Å². The average Bonchev–Trinajstić information content (AvgIpc) is 2.85. The molecule has 1 saturated heterocycles. The van der Waals surface area contributed by atoms with Crippen LogP contribution in [0.15, 0.2) is 0 Å². The van der Waals surface area contributed by atoms with Crippen molar-refractivity contribution in [3.05, 3.63) is 0 Å². The molecule has 3 aliphatic carbocycles. The number of ether oxygens (including phenoxy) is 1. The zero-order valence-corrected chi connectivity index (χ0v) is 21.8. The van der Waals surface area contributed by atoms with E-state index in [9.17, 15) is 18.8 Å². The molecule has 3 saturated carbocycles. The van der Waals surface area contributed by atoms with Gasteiger partial charge < -0.3 is 19.9 Å². The van der Waals surface area contributed by atoms with Crippen LogP contribution in [0.4, 0.5) is 4.39 Å². The molecule has 198 valence electrons. The maximum atomic E-state index is 13.7. The molecule has 5 atom stereocenters. The second-order valence-electron chi connectivity index (χ2n) is 10.7. The van der Waals surface area contributed by atoms with Crippen molar-refractivity contribution >= 4 is 40.9 Å². The number of halogens is 3. The molecule has 0 aromatic heterocycles. The van der Waals surface area contributed by atoms with Crippen LogP contribution in [0.5, 0.6) is 0 Å². The normalized spacial score (nSPS) is 36.7. The van der Waals surface area contributed by atoms with Crippen LogP contribution in [-0.2, 0) is 19.1 Å². The number of rotatable bonds is 6. The molecule has 1 heterocycles. The molecule has 4 rings (SSSR count). The van der Waals surface area contributed by atoms with Crippen LogP contribution in [0.3, 0.4) is 0 Å². The molecule has 0 bridgehead atoms. The van der Waals surface area contributed by atoms with Crippen LogP contribution >= 0.6 is 23.2 Å². The van der Waals surface area contributed by atoms with Gasteiger partial charge in [0.05, 0.1) is 18.0 Å². The third kappa shape index (κ3) is 7.22. The Morgan fingerprint density at radius 3 is 2.46 bits per heavy atom. The number of hydrogen-bond acceptors (Lipinski definition) is 4. The smallest absolute Gasteiger partial charge is 0.246 e. The van der Waals surface area contributed by atoms with Crippen molar-refractivity contribution < 1.29 is 23.5 Å². The van der Waals surface area contributed by atoms with Gasteiger partial charge in [-0.3, -0.25) is 14.4 Å². The first-order chi connectivity index (χ1) is 16.8. The van der Waals surface area contributed by atoms with Crippen molar-refractivity contribution in [1.82, 2.24) is 15.1 Å². The zero-order chi connectivity index (χ0) is 24.9. The summed E-state index contributed by atoms with van der Waals surface area (Å²) < 4.78 is 19.3. The molecule has 4 fully saturated rings. The minimum Gasteiger partial charge on any atom is -0.368 e. The topological polar surface area (TPSA) is 79.0 Å². The van der Waals surface area contributed by atoms with E-state index in [1.807, 2.05) is 4.90 Å². The van der Waals surface area contributed by atoms with Gasteiger partial charge in [0, 0.05) is 42.9 Å². The van der Waals surface area contributed by atoms with Gasteiger partial charge in [0.15, 0.2) is 0 Å². The van der Waals surface area contributed by atoms with Gasteiger partial charge in [-0.15, -0.1) is 23.2 Å². The molecule has 0 aromatic carbocycles. The fraction of sp³-hybridized carbons (Fsp3) is 0.880. The SMILES string of the molecule is O=C(COC1CCC(Cl)C(F)C1)NC1CCC(C(=O)N2CCN(C3CCCC(Cl)C3)C(=O)C2)CC1. The molecule has 1 N–H and O–H groups in total. The molecule has 35 heavy (non-hydrogen) atoms. The number of nitrogens with one attached hydrogen (secondary N) is 1. The van der Waals surface area contributed by atoms with E-state index in [1.165, 1.54) is 0 Å². The predicted octanol–water partition coefficient (Wildman–Crippen LogP) is 3.40. The maximum absolute atomic E-state index is 13.7. The average molecular weight is 535 g/mol. The highest BCUT2D eigenvalue weighted by molar-refractivity contribution is 6.21. The van der Waals surface area contributed by atoms with Crippen molar-refractivity contribution in [1.29, 1.82) is 0 Å². The summed E-state index contributed by atoms with van der Waals surface area (Å²) in [7, 11) is 0. The quantitative estimate of drug-likeness (QED) is 0.530. The molecular weight excluding hydrogens is 496 g/mol. The standard InChI is InChI=1S/C25H38Cl2FN3O4/c26-17-2-1-3-19(12-17)31-11-10-30(14-24(31)33)25(34)16-4-6-18(7-5-16)29-23(32)15-35-20-8-9-21(27)22(28)13-20/h16-22H,1-15H2,(H,29,32). The largest absolute Gasteiger partial charge is 0.368 e. The molecule has 5 unspecified atom stereocenters. The summed E-state index contributed by atoms with van der Waals surface area (Å²) >= 11 is 12.2. The summed E-state index contributed by atoms with van der Waals surface area (Å²) in [5.74, 6) is -0.222. The lowest BCUT2D eigenvalue weighted by Gasteiger charge is -2.42. The summed E-state index contributed by atoms with van der Waals surface area (Å²) in [5, 5.41) is 2.67. The zero-order valence-electron chi connectivity index (χ0n) is 20.3. The van der Waals surface area contributed by atoms with Gasteiger partial charge in [0.1, 0.15) is 12.8 Å². The van der Waals surface area contributed by atoms with Gasteiger partial charge in [-0.25, -0.2) is 4.39 Å². The predicted molar refractivity (Wildman–Crippen MR) is 132 cm³/mol. The van der Waals surface area contributed by atoms with E-state index in [1.54, 1.807) is 4.90 Å². The Morgan fingerprint density at radius 2 is 1.77 bits per heavy atom. The highest BCUT2D eigenvalue weighted by atomic mass is 35.5. The van der Waals surface area contributed by atoms with E-state index in [-0.39, 0.29) is 66.8 Å². The maximum Gasteiger partial charge on any atom is 0.246 e. The Labute approximate surface area is 217 Å². The van der Waals surface area contributed by atoms with Gasteiger partial charge in [0.25, 0.3) is 0 Å². The third-order valence-corrected chi connectivity index (χ3v) is 9.02. The third-order valence-electron chi connectivity index (χ3n) is 8.13. The van der Waals surface area contributed by atoms with E-state index in [0.717, 1.165) is 38.5 Å². The first kappa shape index (κ1) is 26.9. The van der Waals surface area contributed by atoms with Crippen LogP contribution in [0.1, 0.15) is 70.6 Å². The van der Waals surface area contributed by atoms with Crippen LogP contribution in [0, 0.1) is 5.92 Å². The van der Waals surface area contributed by atoms with Gasteiger partial charge in [0.2, 0.25) is 17.7 Å². The van der Waals surface area contributed by atoms with Crippen molar-refractivity contribution in [3.8, 4) is 0 Å². The minimum absolute atomic E-state index is 0.0101. The van der Waals surface area contributed by atoms with E-state index >= 15 is 0 Å². The number of alkyl halides is 3. The van der Waals surface area contributed by atoms with Crippen LogP contribution in [0.2, 0.25) is 0 Å². The first-order valence-corrected chi connectivity index (χ1v) is 14.1. The number of carbonyl (C=O) groups is 3. The second-order valence-corrected chi connectivity index (χ2v) is 11.8. The second kappa shape index (κ2) is 12.4. The monoisotopic (exact) mass is 533 g/mol. The van der Waals surface area contributed by atoms with E-state index in [0.29, 0.717) is 38.8 Å². The Balaban J connectivity index is 1.15. The lowest BCUT2D eigenvalue weighted by molar-refractivity contribution is -0.150.